The summed E-state index contributed by atoms with van der Waals surface area (Å²) in [7, 11) is 3.91. The van der Waals surface area contributed by atoms with Gasteiger partial charge in [0.25, 0.3) is 11.8 Å². The van der Waals surface area contributed by atoms with Crippen molar-refractivity contribution in [3.8, 4) is 10.4 Å². The molecule has 5 aromatic rings. The molecule has 3 aromatic carbocycles. The van der Waals surface area contributed by atoms with Crippen molar-refractivity contribution < 1.29 is 29.1 Å². The molecule has 2 aromatic heterocycles. The van der Waals surface area contributed by atoms with Gasteiger partial charge in [-0.2, -0.15) is 5.10 Å². The summed E-state index contributed by atoms with van der Waals surface area (Å²) in [6.45, 7) is 13.9. The van der Waals surface area contributed by atoms with E-state index < -0.39 is 52.8 Å². The Hall–Kier alpha value is -6.43. The number of urea groups is 1. The molecule has 66 heavy (non-hydrogen) atoms. The van der Waals surface area contributed by atoms with Crippen molar-refractivity contribution in [1.29, 1.82) is 0 Å². The molecule has 0 saturated carbocycles. The van der Waals surface area contributed by atoms with Crippen molar-refractivity contribution in [1.82, 2.24) is 45.8 Å². The number of carbonyl (C=O) groups is 5. The number of aliphatic hydroxyl groups excluding tert-OH is 1. The molecule has 2 aliphatic rings. The van der Waals surface area contributed by atoms with Gasteiger partial charge in [-0.1, -0.05) is 75.4 Å². The summed E-state index contributed by atoms with van der Waals surface area (Å²) in [4.78, 5) is 79.7. The van der Waals surface area contributed by atoms with Crippen LogP contribution in [0.1, 0.15) is 109 Å². The Bertz CT molecular complexity index is 2570. The molecule has 0 spiro atoms. The summed E-state index contributed by atoms with van der Waals surface area (Å²) in [5.41, 5.74) is 5.99. The van der Waals surface area contributed by atoms with Crippen LogP contribution in [0.15, 0.2) is 84.4 Å². The number of likely N-dealkylation sites (tertiary alicyclic amines) is 1. The molecule has 0 unspecified atom stereocenters. The summed E-state index contributed by atoms with van der Waals surface area (Å²) in [6, 6.07) is 20.8. The Morgan fingerprint density at radius 3 is 2.17 bits per heavy atom. The number of H-pyrrole nitrogens is 1. The predicted molar refractivity (Wildman–Crippen MR) is 253 cm³/mol. The molecule has 17 heteroatoms. The predicted octanol–water partition coefficient (Wildman–Crippen LogP) is 6.14. The molecule has 16 nitrogen and oxygen atoms in total. The number of aliphatic hydroxyl groups is 1. The van der Waals surface area contributed by atoms with Crippen LogP contribution in [0.2, 0.25) is 0 Å². The zero-order valence-corrected chi connectivity index (χ0v) is 39.7. The van der Waals surface area contributed by atoms with E-state index in [9.17, 15) is 29.1 Å². The summed E-state index contributed by atoms with van der Waals surface area (Å²) in [5.74, 6) is -1.61. The van der Waals surface area contributed by atoms with E-state index in [1.54, 1.807) is 16.2 Å². The maximum absolute atomic E-state index is 14.3. The van der Waals surface area contributed by atoms with Gasteiger partial charge in [0.05, 0.1) is 52.0 Å². The van der Waals surface area contributed by atoms with Gasteiger partial charge >= 0.3 is 6.03 Å². The lowest BCUT2D eigenvalue weighted by molar-refractivity contribution is -0.142. The van der Waals surface area contributed by atoms with Crippen molar-refractivity contribution in [2.45, 2.75) is 97.2 Å². The lowest BCUT2D eigenvalue weighted by Crippen LogP contribution is -2.57. The third-order valence-electron chi connectivity index (χ3n) is 12.4. The fraction of sp³-hybridized carbons (Fsp3) is 0.408. The number of carbonyl (C=O) groups excluding carboxylic acids is 5. The van der Waals surface area contributed by atoms with Crippen LogP contribution < -0.4 is 21.3 Å². The second-order valence-electron chi connectivity index (χ2n) is 19.1. The molecule has 0 radical (unpaired) electrons. The van der Waals surface area contributed by atoms with Crippen LogP contribution in [0.25, 0.3) is 10.4 Å². The fourth-order valence-electron chi connectivity index (χ4n) is 8.64. The van der Waals surface area contributed by atoms with Crippen LogP contribution in [-0.4, -0.2) is 110 Å². The topological polar surface area (TPSA) is 205 Å². The lowest BCUT2D eigenvalue weighted by Gasteiger charge is -2.35. The zero-order valence-electron chi connectivity index (χ0n) is 38.9. The standard InChI is InChI=1S/C49H60N10O6S/c1-28(30-15-17-32(18-16-30)39-29(2)50-27-66-39)51-45(63)38-23-35(60)24-58(38)46(64)41(48(3,4)5)53-43(61)33-19-21-34(22-20-33)44(62)54-42-36-25-59(49(6,7)40(36)55-56-42)47(65)52-37(26-57(8)9)31-13-11-10-12-14-31/h10-22,27-28,35,37-38,41,60H,23-26H2,1-9H3,(H,51,63)(H,52,65)(H,53,61)(H2,54,55,56,62)/t28-,35+,37+,38-,41+/m0/s1. The highest BCUT2D eigenvalue weighted by Gasteiger charge is 2.46. The van der Waals surface area contributed by atoms with E-state index in [1.165, 1.54) is 29.2 Å². The van der Waals surface area contributed by atoms with Gasteiger partial charge in [-0.3, -0.25) is 24.3 Å². The van der Waals surface area contributed by atoms with Crippen molar-refractivity contribution >= 4 is 46.8 Å². The number of aromatic nitrogens is 3. The molecule has 5 atom stereocenters. The van der Waals surface area contributed by atoms with Crippen LogP contribution in [0, 0.1) is 12.3 Å². The number of benzene rings is 3. The van der Waals surface area contributed by atoms with E-state index in [1.807, 2.05) is 128 Å². The number of nitrogens with one attached hydrogen (secondary N) is 5. The van der Waals surface area contributed by atoms with Crippen molar-refractivity contribution in [3.05, 3.63) is 124 Å². The Balaban J connectivity index is 0.976. The fourth-order valence-corrected chi connectivity index (χ4v) is 9.45. The molecule has 6 N–H and O–H groups in total. The highest BCUT2D eigenvalue weighted by atomic mass is 32.1. The second kappa shape index (κ2) is 19.2. The molecular formula is C49H60N10O6S. The van der Waals surface area contributed by atoms with E-state index in [0.29, 0.717) is 23.6 Å². The largest absolute Gasteiger partial charge is 0.391 e. The molecule has 6 amide bonds. The minimum absolute atomic E-state index is 0.0564. The minimum Gasteiger partial charge on any atom is -0.391 e. The number of β-amino-alcohol motifs (C(OH)–C–C–N with tert-alkyl or cyclic N) is 1. The Labute approximate surface area is 389 Å². The van der Waals surface area contributed by atoms with Gasteiger partial charge in [0.2, 0.25) is 11.8 Å². The Morgan fingerprint density at radius 2 is 1.56 bits per heavy atom. The van der Waals surface area contributed by atoms with Gasteiger partial charge in [0, 0.05) is 36.2 Å². The number of thiazole rings is 1. The van der Waals surface area contributed by atoms with Gasteiger partial charge in [-0.15, -0.1) is 11.3 Å². The molecule has 1 saturated heterocycles. The summed E-state index contributed by atoms with van der Waals surface area (Å²) >= 11 is 1.56. The lowest BCUT2D eigenvalue weighted by atomic mass is 9.85. The Kier molecular flexibility index (Phi) is 13.8. The number of anilines is 1. The molecule has 0 aliphatic carbocycles. The first kappa shape index (κ1) is 47.5. The highest BCUT2D eigenvalue weighted by molar-refractivity contribution is 7.13. The first-order valence-electron chi connectivity index (χ1n) is 22.1. The number of fused-ring (bicyclic) bond motifs is 1. The number of hydrogen-bond donors (Lipinski definition) is 6. The highest BCUT2D eigenvalue weighted by Crippen LogP contribution is 2.41. The number of hydrogen-bond acceptors (Lipinski definition) is 10. The number of amides is 6. The molecule has 0 bridgehead atoms. The SMILES string of the molecule is Cc1ncsc1-c1ccc([C@H](C)NC(=O)[C@@H]2C[C@@H](O)CN2C(=O)[C@@H](NC(=O)c2ccc(C(=O)Nc3n[nH]c4c3CN(C(=O)N[C@H](CN(C)C)c3ccccc3)C4(C)C)cc2)C(C)(C)C)cc1. The Morgan fingerprint density at radius 1 is 0.909 bits per heavy atom. The van der Waals surface area contributed by atoms with Gasteiger partial charge in [0.15, 0.2) is 5.82 Å². The smallest absolute Gasteiger partial charge is 0.319 e. The van der Waals surface area contributed by atoms with Gasteiger partial charge in [0.1, 0.15) is 12.1 Å². The second-order valence-corrected chi connectivity index (χ2v) is 19.9. The molecular weight excluding hydrogens is 857 g/mol. The number of rotatable bonds is 13. The van der Waals surface area contributed by atoms with E-state index in [0.717, 1.165) is 27.3 Å². The van der Waals surface area contributed by atoms with Crippen LogP contribution in [0.4, 0.5) is 10.6 Å². The average Bonchev–Trinajstić information content (AvgIpc) is 4.06. The summed E-state index contributed by atoms with van der Waals surface area (Å²) in [6.07, 6.45) is -0.865. The van der Waals surface area contributed by atoms with E-state index in [2.05, 4.69) is 36.4 Å². The molecule has 2 aliphatic heterocycles. The van der Waals surface area contributed by atoms with Crippen molar-refractivity contribution in [2.75, 3.05) is 32.5 Å². The number of aromatic amines is 1. The molecule has 1 fully saturated rings. The zero-order chi connectivity index (χ0) is 47.7. The van der Waals surface area contributed by atoms with Crippen LogP contribution in [0.3, 0.4) is 0 Å². The maximum Gasteiger partial charge on any atom is 0.319 e. The first-order chi connectivity index (χ1) is 31.2. The number of aryl methyl sites for hydroxylation is 1. The quantitative estimate of drug-likeness (QED) is 0.0802. The molecule has 348 valence electrons. The average molecular weight is 917 g/mol. The monoisotopic (exact) mass is 916 g/mol. The van der Waals surface area contributed by atoms with E-state index in [-0.39, 0.29) is 48.8 Å². The maximum atomic E-state index is 14.3. The van der Waals surface area contributed by atoms with Crippen molar-refractivity contribution in [3.63, 3.8) is 0 Å². The third kappa shape index (κ3) is 10.2. The van der Waals surface area contributed by atoms with Gasteiger partial charge in [-0.05, 0) is 88.2 Å². The van der Waals surface area contributed by atoms with Gasteiger partial charge < -0.3 is 41.1 Å². The number of likely N-dealkylation sites (N-methyl/N-ethyl adjacent to an activating group) is 1. The summed E-state index contributed by atoms with van der Waals surface area (Å²) in [5, 5.41) is 30.1. The van der Waals surface area contributed by atoms with Crippen LogP contribution in [0.5, 0.6) is 0 Å². The van der Waals surface area contributed by atoms with Gasteiger partial charge in [-0.25, -0.2) is 9.78 Å². The summed E-state index contributed by atoms with van der Waals surface area (Å²) < 4.78 is 0. The molecule has 4 heterocycles. The molecule has 7 rings (SSSR count). The third-order valence-corrected chi connectivity index (χ3v) is 13.4. The van der Waals surface area contributed by atoms with Crippen LogP contribution in [-0.2, 0) is 21.7 Å². The van der Waals surface area contributed by atoms with E-state index in [4.69, 9.17) is 0 Å². The van der Waals surface area contributed by atoms with Crippen molar-refractivity contribution in [2.24, 2.45) is 5.41 Å². The normalized spacial score (nSPS) is 18.0. The first-order valence-corrected chi connectivity index (χ1v) is 23.0. The van der Waals surface area contributed by atoms with E-state index >= 15 is 0 Å². The minimum atomic E-state index is -1.06. The number of nitrogens with zero attached hydrogens (tertiary/aromatic N) is 5. The van der Waals surface area contributed by atoms with Crippen LogP contribution >= 0.6 is 11.3 Å².